The molecule has 1 aliphatic heterocycles. The van der Waals surface area contributed by atoms with E-state index < -0.39 is 33.8 Å². The molecule has 35 heavy (non-hydrogen) atoms. The topological polar surface area (TPSA) is 96.8 Å². The molecule has 0 saturated carbocycles. The van der Waals surface area contributed by atoms with Crippen LogP contribution in [0.25, 0.3) is 16.8 Å². The van der Waals surface area contributed by atoms with E-state index in [0.717, 1.165) is 10.8 Å². The molecule has 8 nitrogen and oxygen atoms in total. The lowest BCUT2D eigenvalue weighted by Gasteiger charge is -2.64. The summed E-state index contributed by atoms with van der Waals surface area (Å²) in [6.45, 7) is 4.66. The molecule has 178 valence electrons. The molecule has 0 bridgehead atoms. The van der Waals surface area contributed by atoms with Crippen LogP contribution in [0, 0.1) is 11.6 Å². The van der Waals surface area contributed by atoms with E-state index in [2.05, 4.69) is 10.1 Å². The van der Waals surface area contributed by atoms with Crippen molar-refractivity contribution in [3.8, 4) is 11.3 Å². The van der Waals surface area contributed by atoms with E-state index in [0.29, 0.717) is 0 Å². The fourth-order valence-corrected chi connectivity index (χ4v) is 5.48. The molecule has 1 aliphatic rings. The SMILES string of the molecule is BC1(B)N(c2cccc(-c3c(F)c(Cl)c4c(N)ncnn34)c2F)C(=O)C(C)(C)N(C(C)=O)C1(B)B. The number of anilines is 2. The molecule has 0 atom stereocenters. The molecular formula is C20H23B4ClF2N6O2. The van der Waals surface area contributed by atoms with Crippen LogP contribution in [-0.4, -0.2) is 78.9 Å². The standard InChI is InChI=1S/C20H23B4ClF2N6O2/c1-8(34)33-18(2,3)17(35)31(19(21,22)20(33,23)24)10-6-4-5-9(12(10)26)14-13(27)11(25)15-16(28)29-7-30-32(14)15/h4-7H,21-24H2,1-3H3,(H2,28,29,30). The molecule has 2 aromatic heterocycles. The number of nitrogens with two attached hydrogens (primary N) is 1. The van der Waals surface area contributed by atoms with Crippen LogP contribution < -0.4 is 10.6 Å². The summed E-state index contributed by atoms with van der Waals surface area (Å²) in [5.41, 5.74) is 4.13. The smallest absolute Gasteiger partial charge is 0.251 e. The quantitative estimate of drug-likeness (QED) is 0.447. The first-order valence-corrected chi connectivity index (χ1v) is 11.4. The second-order valence-corrected chi connectivity index (χ2v) is 10.6. The van der Waals surface area contributed by atoms with Crippen LogP contribution in [0.1, 0.15) is 20.8 Å². The van der Waals surface area contributed by atoms with Crippen molar-refractivity contribution < 1.29 is 18.4 Å². The normalized spacial score (nSPS) is 18.7. The average Bonchev–Trinajstić information content (AvgIpc) is 2.99. The molecule has 0 aliphatic carbocycles. The predicted octanol–water partition coefficient (Wildman–Crippen LogP) is -1.28. The fraction of sp³-hybridized carbons (Fsp3) is 0.300. The van der Waals surface area contributed by atoms with Crippen LogP contribution in [0.3, 0.4) is 0 Å². The van der Waals surface area contributed by atoms with Gasteiger partial charge in [0.15, 0.2) is 17.5 Å². The van der Waals surface area contributed by atoms with Gasteiger partial charge in [0.2, 0.25) is 5.91 Å². The lowest BCUT2D eigenvalue weighted by Crippen LogP contribution is -2.85. The first kappa shape index (κ1) is 25.1. The number of halogens is 3. The molecule has 3 aromatic rings. The molecule has 3 heterocycles. The molecule has 1 saturated heterocycles. The Bertz CT molecular complexity index is 1410. The van der Waals surface area contributed by atoms with Gasteiger partial charge in [0.05, 0.1) is 5.69 Å². The van der Waals surface area contributed by atoms with Gasteiger partial charge in [0.25, 0.3) is 5.91 Å². The number of benzene rings is 1. The van der Waals surface area contributed by atoms with Gasteiger partial charge in [-0.3, -0.25) is 9.59 Å². The van der Waals surface area contributed by atoms with Gasteiger partial charge in [0, 0.05) is 12.5 Å². The zero-order valence-corrected chi connectivity index (χ0v) is 21.3. The van der Waals surface area contributed by atoms with Crippen LogP contribution >= 0.6 is 11.6 Å². The van der Waals surface area contributed by atoms with Gasteiger partial charge in [-0.1, -0.05) is 17.7 Å². The second-order valence-electron chi connectivity index (χ2n) is 10.2. The monoisotopic (exact) mass is 496 g/mol. The maximum absolute atomic E-state index is 16.3. The van der Waals surface area contributed by atoms with E-state index >= 15 is 8.78 Å². The number of hydrogen-bond donors (Lipinski definition) is 1. The molecule has 4 rings (SSSR count). The van der Waals surface area contributed by atoms with Gasteiger partial charge in [-0.2, -0.15) is 5.10 Å². The Hall–Kier alpha value is -3.01. The van der Waals surface area contributed by atoms with Crippen molar-refractivity contribution in [2.45, 2.75) is 37.0 Å². The summed E-state index contributed by atoms with van der Waals surface area (Å²) in [7, 11) is 7.19. The minimum Gasteiger partial charge on any atom is -0.382 e. The van der Waals surface area contributed by atoms with E-state index in [1.54, 1.807) is 29.5 Å². The van der Waals surface area contributed by atoms with Gasteiger partial charge in [-0.25, -0.2) is 18.3 Å². The third-order valence-electron chi connectivity index (χ3n) is 7.33. The number of carbonyl (C=O) groups is 2. The van der Waals surface area contributed by atoms with Gasteiger partial charge >= 0.3 is 0 Å². The van der Waals surface area contributed by atoms with Crippen molar-refractivity contribution >= 4 is 71.8 Å². The first-order valence-electron chi connectivity index (χ1n) is 11.0. The van der Waals surface area contributed by atoms with Crippen LogP contribution in [-0.2, 0) is 9.59 Å². The Morgan fingerprint density at radius 2 is 1.74 bits per heavy atom. The summed E-state index contributed by atoms with van der Waals surface area (Å²) in [5.74, 6) is -2.57. The average molecular weight is 496 g/mol. The van der Waals surface area contributed by atoms with Crippen molar-refractivity contribution in [1.29, 1.82) is 0 Å². The van der Waals surface area contributed by atoms with E-state index in [9.17, 15) is 9.59 Å². The Labute approximate surface area is 209 Å². The van der Waals surface area contributed by atoms with Gasteiger partial charge in [-0.05, 0) is 36.7 Å². The zero-order valence-electron chi connectivity index (χ0n) is 20.6. The number of fused-ring (bicyclic) bond motifs is 1. The highest BCUT2D eigenvalue weighted by Crippen LogP contribution is 2.44. The summed E-state index contributed by atoms with van der Waals surface area (Å²) < 4.78 is 32.6. The van der Waals surface area contributed by atoms with E-state index in [-0.39, 0.29) is 39.2 Å². The third-order valence-corrected chi connectivity index (χ3v) is 7.67. The Morgan fingerprint density at radius 3 is 2.34 bits per heavy atom. The lowest BCUT2D eigenvalue weighted by atomic mass is 9.35. The van der Waals surface area contributed by atoms with E-state index in [1.807, 2.05) is 15.7 Å². The number of nitrogens with zero attached hydrogens (tertiary/aromatic N) is 5. The molecule has 15 heteroatoms. The van der Waals surface area contributed by atoms with Crippen LogP contribution in [0.5, 0.6) is 0 Å². The minimum absolute atomic E-state index is 0.0141. The van der Waals surface area contributed by atoms with Crippen molar-refractivity contribution in [3.63, 3.8) is 0 Å². The van der Waals surface area contributed by atoms with Crippen molar-refractivity contribution in [1.82, 2.24) is 19.5 Å². The maximum Gasteiger partial charge on any atom is 0.251 e. The van der Waals surface area contributed by atoms with E-state index in [4.69, 9.17) is 17.3 Å². The number of aromatic nitrogens is 3. The number of carbonyl (C=O) groups excluding carboxylic acids is 2. The highest BCUT2D eigenvalue weighted by Gasteiger charge is 2.60. The van der Waals surface area contributed by atoms with Gasteiger partial charge < -0.3 is 15.5 Å². The molecule has 2 amide bonds. The van der Waals surface area contributed by atoms with Crippen LogP contribution in [0.2, 0.25) is 5.02 Å². The number of rotatable bonds is 2. The zero-order chi connectivity index (χ0) is 26.2. The highest BCUT2D eigenvalue weighted by atomic mass is 35.5. The molecule has 1 fully saturated rings. The number of hydrogen-bond acceptors (Lipinski definition) is 5. The Balaban J connectivity index is 1.99. The number of piperazine rings is 1. The van der Waals surface area contributed by atoms with Crippen molar-refractivity contribution in [2.75, 3.05) is 10.6 Å². The predicted molar refractivity (Wildman–Crippen MR) is 141 cm³/mol. The molecular weight excluding hydrogens is 473 g/mol. The fourth-order valence-electron chi connectivity index (χ4n) is 5.22. The van der Waals surface area contributed by atoms with Crippen molar-refractivity contribution in [2.24, 2.45) is 0 Å². The van der Waals surface area contributed by atoms with Gasteiger partial charge in [0.1, 0.15) is 59.5 Å². The molecule has 0 radical (unpaired) electrons. The van der Waals surface area contributed by atoms with Crippen LogP contribution in [0.15, 0.2) is 24.5 Å². The molecule has 1 aromatic carbocycles. The number of nitrogen functional groups attached to an aromatic ring is 1. The summed E-state index contributed by atoms with van der Waals surface area (Å²) >= 11 is 6.15. The first-order chi connectivity index (χ1) is 16.1. The summed E-state index contributed by atoms with van der Waals surface area (Å²) in [6.07, 6.45) is 1.11. The highest BCUT2D eigenvalue weighted by molar-refractivity contribution is 6.58. The maximum atomic E-state index is 16.3. The number of amides is 2. The minimum atomic E-state index is -1.27. The second kappa shape index (κ2) is 7.74. The van der Waals surface area contributed by atoms with E-state index in [1.165, 1.54) is 34.9 Å². The Morgan fingerprint density at radius 1 is 1.11 bits per heavy atom. The van der Waals surface area contributed by atoms with Crippen LogP contribution in [0.4, 0.5) is 20.3 Å². The molecule has 0 unspecified atom stereocenters. The van der Waals surface area contributed by atoms with Gasteiger partial charge in [-0.15, -0.1) is 0 Å². The summed E-state index contributed by atoms with van der Waals surface area (Å²) in [4.78, 5) is 33.1. The van der Waals surface area contributed by atoms with Crippen molar-refractivity contribution in [3.05, 3.63) is 41.2 Å². The third kappa shape index (κ3) is 3.22. The lowest BCUT2D eigenvalue weighted by molar-refractivity contribution is -0.150. The largest absolute Gasteiger partial charge is 0.382 e. The Kier molecular flexibility index (Phi) is 5.55. The summed E-state index contributed by atoms with van der Waals surface area (Å²) in [6, 6.07) is 4.34. The summed E-state index contributed by atoms with van der Waals surface area (Å²) in [5, 5.41) is 1.74. The molecule has 0 spiro atoms. The molecule has 2 N–H and O–H groups in total.